The van der Waals surface area contributed by atoms with E-state index in [9.17, 15) is 23.7 Å². The number of nitro benzene ring substituents is 1. The van der Waals surface area contributed by atoms with E-state index in [2.05, 4.69) is 10.1 Å². The van der Waals surface area contributed by atoms with Crippen LogP contribution < -0.4 is 4.90 Å². The van der Waals surface area contributed by atoms with Crippen LogP contribution in [0, 0.1) is 35.6 Å². The van der Waals surface area contributed by atoms with Gasteiger partial charge in [-0.25, -0.2) is 13.8 Å². The summed E-state index contributed by atoms with van der Waals surface area (Å²) in [5.74, 6) is -2.00. The van der Waals surface area contributed by atoms with Gasteiger partial charge >= 0.3 is 0 Å². The Morgan fingerprint density at radius 3 is 2.74 bits per heavy atom. The Labute approximate surface area is 196 Å². The number of rotatable bonds is 7. The minimum Gasteiger partial charge on any atom is -0.283 e. The number of hydrogen-bond donors (Lipinski definition) is 0. The van der Waals surface area contributed by atoms with Crippen LogP contribution in [-0.4, -0.2) is 32.1 Å². The second-order valence-corrected chi connectivity index (χ2v) is 8.57. The van der Waals surface area contributed by atoms with Gasteiger partial charge in [-0.3, -0.25) is 24.5 Å². The number of benzene rings is 2. The van der Waals surface area contributed by atoms with Gasteiger partial charge in [0.15, 0.2) is 10.9 Å². The van der Waals surface area contributed by atoms with Crippen LogP contribution in [0.1, 0.15) is 17.0 Å². The molecule has 0 aliphatic heterocycles. The second kappa shape index (κ2) is 9.48. The summed E-state index contributed by atoms with van der Waals surface area (Å²) in [6.07, 6.45) is 2.72. The van der Waals surface area contributed by atoms with Gasteiger partial charge in [-0.2, -0.15) is 5.10 Å². The summed E-state index contributed by atoms with van der Waals surface area (Å²) in [6, 6.07) is 9.68. The van der Waals surface area contributed by atoms with Gasteiger partial charge in [-0.15, -0.1) is 0 Å². The summed E-state index contributed by atoms with van der Waals surface area (Å²) >= 11 is 0.996. The minimum absolute atomic E-state index is 0.0204. The molecule has 11 heteroatoms. The number of anilines is 1. The van der Waals surface area contributed by atoms with Gasteiger partial charge in [0.05, 0.1) is 21.9 Å². The van der Waals surface area contributed by atoms with Gasteiger partial charge < -0.3 is 0 Å². The fourth-order valence-electron chi connectivity index (χ4n) is 3.46. The van der Waals surface area contributed by atoms with E-state index in [0.29, 0.717) is 12.1 Å². The number of nitrogens with zero attached hydrogens (tertiary/aromatic N) is 5. The van der Waals surface area contributed by atoms with E-state index in [1.807, 2.05) is 19.9 Å². The highest BCUT2D eigenvalue weighted by Gasteiger charge is 2.20. The van der Waals surface area contributed by atoms with Gasteiger partial charge in [0, 0.05) is 36.5 Å². The van der Waals surface area contributed by atoms with E-state index in [1.54, 1.807) is 10.7 Å². The van der Waals surface area contributed by atoms with E-state index in [1.165, 1.54) is 41.3 Å². The zero-order valence-corrected chi connectivity index (χ0v) is 19.1. The molecule has 0 aliphatic carbocycles. The smallest absolute Gasteiger partial charge is 0.270 e. The standard InChI is InChI=1S/C23H19F2N5O3S/c1-14-10-15(2)29(27-14)9-8-28(23-26-22-19(25)12-17(24)13-20(22)34-23)21(31)7-6-16-4-3-5-18(11-16)30(32)33/h3-7,10-13H,8-9H2,1-2H3. The highest BCUT2D eigenvalue weighted by atomic mass is 32.1. The lowest BCUT2D eigenvalue weighted by atomic mass is 10.2. The highest BCUT2D eigenvalue weighted by molar-refractivity contribution is 7.22. The molecule has 8 nitrogen and oxygen atoms in total. The van der Waals surface area contributed by atoms with Crippen molar-refractivity contribution in [3.05, 3.63) is 87.2 Å². The summed E-state index contributed by atoms with van der Waals surface area (Å²) in [5.41, 5.74) is 2.10. The molecule has 0 fully saturated rings. The van der Waals surface area contributed by atoms with Crippen LogP contribution in [-0.2, 0) is 11.3 Å². The van der Waals surface area contributed by atoms with Crippen LogP contribution in [0.3, 0.4) is 0 Å². The summed E-state index contributed by atoms with van der Waals surface area (Å²) < 4.78 is 29.9. The molecule has 0 N–H and O–H groups in total. The summed E-state index contributed by atoms with van der Waals surface area (Å²) in [7, 11) is 0. The maximum Gasteiger partial charge on any atom is 0.270 e. The average Bonchev–Trinajstić information content (AvgIpc) is 3.35. The average molecular weight is 484 g/mol. The van der Waals surface area contributed by atoms with Crippen molar-refractivity contribution < 1.29 is 18.5 Å². The maximum absolute atomic E-state index is 14.2. The van der Waals surface area contributed by atoms with Crippen molar-refractivity contribution in [3.63, 3.8) is 0 Å². The molecule has 0 aliphatic rings. The lowest BCUT2D eigenvalue weighted by Gasteiger charge is -2.18. The third-order valence-corrected chi connectivity index (χ3v) is 6.06. The molecule has 0 atom stereocenters. The molecule has 4 aromatic rings. The van der Waals surface area contributed by atoms with Gasteiger partial charge in [-0.1, -0.05) is 23.5 Å². The van der Waals surface area contributed by atoms with Crippen molar-refractivity contribution in [2.75, 3.05) is 11.4 Å². The van der Waals surface area contributed by atoms with E-state index in [-0.39, 0.29) is 27.6 Å². The van der Waals surface area contributed by atoms with E-state index in [0.717, 1.165) is 28.8 Å². The Morgan fingerprint density at radius 2 is 2.03 bits per heavy atom. The first kappa shape index (κ1) is 23.2. The van der Waals surface area contributed by atoms with Crippen LogP contribution in [0.15, 0.2) is 48.5 Å². The molecular weight excluding hydrogens is 464 g/mol. The molecule has 2 aromatic carbocycles. The number of halogens is 2. The van der Waals surface area contributed by atoms with E-state index < -0.39 is 22.5 Å². The predicted molar refractivity (Wildman–Crippen MR) is 126 cm³/mol. The summed E-state index contributed by atoms with van der Waals surface area (Å²) in [4.78, 5) is 29.2. The van der Waals surface area contributed by atoms with Crippen molar-refractivity contribution in [2.24, 2.45) is 0 Å². The molecule has 0 unspecified atom stereocenters. The lowest BCUT2D eigenvalue weighted by Crippen LogP contribution is -2.33. The zero-order chi connectivity index (χ0) is 24.4. The highest BCUT2D eigenvalue weighted by Crippen LogP contribution is 2.31. The number of carbonyl (C=O) groups is 1. The lowest BCUT2D eigenvalue weighted by molar-refractivity contribution is -0.384. The molecule has 2 aromatic heterocycles. The number of aryl methyl sites for hydroxylation is 2. The molecule has 2 heterocycles. The Morgan fingerprint density at radius 1 is 1.24 bits per heavy atom. The second-order valence-electron chi connectivity index (χ2n) is 7.56. The largest absolute Gasteiger partial charge is 0.283 e. The molecule has 0 saturated carbocycles. The summed E-state index contributed by atoms with van der Waals surface area (Å²) in [5, 5.41) is 15.6. The Hall–Kier alpha value is -3.99. The number of amides is 1. The van der Waals surface area contributed by atoms with Crippen molar-refractivity contribution in [1.29, 1.82) is 0 Å². The van der Waals surface area contributed by atoms with Crippen molar-refractivity contribution >= 4 is 44.4 Å². The molecule has 0 spiro atoms. The van der Waals surface area contributed by atoms with Crippen molar-refractivity contribution in [1.82, 2.24) is 14.8 Å². The monoisotopic (exact) mass is 483 g/mol. The Bertz CT molecular complexity index is 1430. The number of thiazole rings is 1. The molecule has 0 saturated heterocycles. The number of nitro groups is 1. The van der Waals surface area contributed by atoms with Crippen LogP contribution in [0.2, 0.25) is 0 Å². The number of carbonyl (C=O) groups excluding carboxylic acids is 1. The fourth-order valence-corrected chi connectivity index (χ4v) is 4.49. The minimum atomic E-state index is -0.810. The SMILES string of the molecule is Cc1cc(C)n(CCN(C(=O)C=Cc2cccc([N+](=O)[O-])c2)c2nc3c(F)cc(F)cc3s2)n1. The molecule has 34 heavy (non-hydrogen) atoms. The van der Waals surface area contributed by atoms with Crippen LogP contribution in [0.5, 0.6) is 0 Å². The first-order chi connectivity index (χ1) is 16.2. The van der Waals surface area contributed by atoms with Crippen LogP contribution >= 0.6 is 11.3 Å². The van der Waals surface area contributed by atoms with Crippen molar-refractivity contribution in [3.8, 4) is 0 Å². The molecule has 1 amide bonds. The molecule has 174 valence electrons. The van der Waals surface area contributed by atoms with Gasteiger partial charge in [0.2, 0.25) is 0 Å². The Kier molecular flexibility index (Phi) is 6.46. The number of fused-ring (bicyclic) bond motifs is 1. The number of non-ortho nitro benzene ring substituents is 1. The van der Waals surface area contributed by atoms with Gasteiger partial charge in [0.25, 0.3) is 11.6 Å². The topological polar surface area (TPSA) is 94.2 Å². The number of hydrogen-bond acceptors (Lipinski definition) is 6. The molecule has 0 bridgehead atoms. The maximum atomic E-state index is 14.2. The third-order valence-electron chi connectivity index (χ3n) is 5.04. The van der Waals surface area contributed by atoms with E-state index >= 15 is 0 Å². The summed E-state index contributed by atoms with van der Waals surface area (Å²) in [6.45, 7) is 4.27. The zero-order valence-electron chi connectivity index (χ0n) is 18.2. The number of aromatic nitrogens is 3. The van der Waals surface area contributed by atoms with E-state index in [4.69, 9.17) is 0 Å². The Balaban J connectivity index is 1.66. The first-order valence-corrected chi connectivity index (χ1v) is 11.0. The van der Waals surface area contributed by atoms with Crippen LogP contribution in [0.4, 0.5) is 19.6 Å². The quantitative estimate of drug-likeness (QED) is 0.208. The van der Waals surface area contributed by atoms with Gasteiger partial charge in [-0.05, 0) is 37.6 Å². The molecule has 0 radical (unpaired) electrons. The van der Waals surface area contributed by atoms with Crippen molar-refractivity contribution in [2.45, 2.75) is 20.4 Å². The molecular formula is C23H19F2N5O3S. The van der Waals surface area contributed by atoms with Gasteiger partial charge in [0.1, 0.15) is 11.3 Å². The fraction of sp³-hybridized carbons (Fsp3) is 0.174. The predicted octanol–water partition coefficient (Wildman–Crippen LogP) is 5.04. The molecule has 4 rings (SSSR count). The first-order valence-electron chi connectivity index (χ1n) is 10.2. The van der Waals surface area contributed by atoms with Crippen LogP contribution in [0.25, 0.3) is 16.3 Å². The normalized spacial score (nSPS) is 11.4. The third kappa shape index (κ3) is 4.99.